The number of benzene rings is 2. The number of esters is 1. The van der Waals surface area contributed by atoms with E-state index in [0.29, 0.717) is 11.3 Å². The first kappa shape index (κ1) is 20.8. The van der Waals surface area contributed by atoms with Crippen molar-refractivity contribution in [1.82, 2.24) is 0 Å². The molecule has 0 heterocycles. The van der Waals surface area contributed by atoms with Crippen LogP contribution in [0, 0.1) is 10.1 Å². The Bertz CT molecular complexity index is 879. The van der Waals surface area contributed by atoms with E-state index in [0.717, 1.165) is 11.6 Å². The number of anilines is 1. The molecule has 0 aliphatic heterocycles. The average Bonchev–Trinajstić information content (AvgIpc) is 2.64. The maximum absolute atomic E-state index is 11.9. The molecule has 7 heteroatoms. The van der Waals surface area contributed by atoms with Gasteiger partial charge in [0.05, 0.1) is 4.92 Å². The largest absolute Gasteiger partial charge is 0.452 e. The van der Waals surface area contributed by atoms with Crippen molar-refractivity contribution in [2.75, 3.05) is 11.9 Å². The molecule has 2 aromatic rings. The molecule has 0 radical (unpaired) electrons. The lowest BCUT2D eigenvalue weighted by Crippen LogP contribution is -2.20. The topological polar surface area (TPSA) is 98.5 Å². The first-order valence-corrected chi connectivity index (χ1v) is 8.65. The molecule has 1 N–H and O–H groups in total. The maximum Gasteiger partial charge on any atom is 0.331 e. The van der Waals surface area contributed by atoms with Gasteiger partial charge in [-0.2, -0.15) is 0 Å². The van der Waals surface area contributed by atoms with Gasteiger partial charge in [0.1, 0.15) is 0 Å². The summed E-state index contributed by atoms with van der Waals surface area (Å²) < 4.78 is 4.89. The molecule has 0 aliphatic rings. The van der Waals surface area contributed by atoms with Gasteiger partial charge in [0.25, 0.3) is 11.6 Å². The predicted octanol–water partition coefficient (Wildman–Crippen LogP) is 4.09. The van der Waals surface area contributed by atoms with E-state index in [4.69, 9.17) is 4.74 Å². The Hall–Kier alpha value is -3.48. The lowest BCUT2D eigenvalue weighted by molar-refractivity contribution is -0.384. The Balaban J connectivity index is 1.81. The van der Waals surface area contributed by atoms with Gasteiger partial charge in [0.15, 0.2) is 6.61 Å². The number of hydrogen-bond donors (Lipinski definition) is 1. The zero-order chi connectivity index (χ0) is 20.7. The zero-order valence-corrected chi connectivity index (χ0v) is 16.0. The monoisotopic (exact) mass is 382 g/mol. The highest BCUT2D eigenvalue weighted by Crippen LogP contribution is 2.23. The standard InChI is InChI=1S/C21H22N2O5/c1-21(2,3)16-7-9-17(10-8-16)22-19(24)14-28-20(25)13-6-15-4-11-18(12-5-15)23(26)27/h4-13H,14H2,1-3H3,(H,22,24)/b13-6+. The molecule has 2 aromatic carbocycles. The number of rotatable bonds is 6. The molecule has 0 aliphatic carbocycles. The molecule has 146 valence electrons. The quantitative estimate of drug-likeness (QED) is 0.351. The summed E-state index contributed by atoms with van der Waals surface area (Å²) in [6, 6.07) is 13.2. The average molecular weight is 382 g/mol. The van der Waals surface area contributed by atoms with E-state index >= 15 is 0 Å². The third-order valence-corrected chi connectivity index (χ3v) is 3.90. The molecular formula is C21H22N2O5. The minimum absolute atomic E-state index is 0.0219. The van der Waals surface area contributed by atoms with Crippen LogP contribution in [0.15, 0.2) is 54.6 Å². The van der Waals surface area contributed by atoms with Crippen LogP contribution in [-0.2, 0) is 19.7 Å². The van der Waals surface area contributed by atoms with Crippen molar-refractivity contribution in [3.05, 3.63) is 75.8 Å². The summed E-state index contributed by atoms with van der Waals surface area (Å²) in [4.78, 5) is 33.7. The first-order valence-electron chi connectivity index (χ1n) is 8.65. The van der Waals surface area contributed by atoms with Crippen LogP contribution < -0.4 is 5.32 Å². The van der Waals surface area contributed by atoms with Gasteiger partial charge in [0, 0.05) is 23.9 Å². The van der Waals surface area contributed by atoms with Crippen molar-refractivity contribution >= 4 is 29.3 Å². The molecule has 0 saturated carbocycles. The van der Waals surface area contributed by atoms with Crippen LogP contribution in [0.5, 0.6) is 0 Å². The molecule has 0 aromatic heterocycles. The summed E-state index contributed by atoms with van der Waals surface area (Å²) in [5.74, 6) is -1.13. The van der Waals surface area contributed by atoms with Gasteiger partial charge in [0.2, 0.25) is 0 Å². The lowest BCUT2D eigenvalue weighted by Gasteiger charge is -2.19. The van der Waals surface area contributed by atoms with E-state index in [1.165, 1.54) is 30.3 Å². The molecule has 0 fully saturated rings. The highest BCUT2D eigenvalue weighted by molar-refractivity contribution is 5.94. The second kappa shape index (κ2) is 8.94. The highest BCUT2D eigenvalue weighted by atomic mass is 16.6. The van der Waals surface area contributed by atoms with E-state index in [2.05, 4.69) is 26.1 Å². The van der Waals surface area contributed by atoms with Crippen LogP contribution in [0.25, 0.3) is 6.08 Å². The Morgan fingerprint density at radius 3 is 2.21 bits per heavy atom. The maximum atomic E-state index is 11.9. The minimum atomic E-state index is -0.684. The first-order chi connectivity index (χ1) is 13.1. The number of amides is 1. The number of carbonyl (C=O) groups excluding carboxylic acids is 2. The van der Waals surface area contributed by atoms with Crippen molar-refractivity contribution in [1.29, 1.82) is 0 Å². The van der Waals surface area contributed by atoms with E-state index < -0.39 is 23.4 Å². The van der Waals surface area contributed by atoms with Gasteiger partial charge in [-0.3, -0.25) is 14.9 Å². The fourth-order valence-electron chi connectivity index (χ4n) is 2.31. The van der Waals surface area contributed by atoms with Crippen molar-refractivity contribution in [3.63, 3.8) is 0 Å². The number of non-ortho nitro benzene ring substituents is 1. The minimum Gasteiger partial charge on any atom is -0.452 e. The highest BCUT2D eigenvalue weighted by Gasteiger charge is 2.13. The predicted molar refractivity (Wildman–Crippen MR) is 107 cm³/mol. The Morgan fingerprint density at radius 2 is 1.68 bits per heavy atom. The number of ether oxygens (including phenoxy) is 1. The van der Waals surface area contributed by atoms with Gasteiger partial charge in [-0.15, -0.1) is 0 Å². The summed E-state index contributed by atoms with van der Waals surface area (Å²) in [6.07, 6.45) is 2.61. The summed E-state index contributed by atoms with van der Waals surface area (Å²) in [5.41, 5.74) is 2.36. The van der Waals surface area contributed by atoms with E-state index in [1.807, 2.05) is 12.1 Å². The van der Waals surface area contributed by atoms with Crippen LogP contribution in [0.3, 0.4) is 0 Å². The fourth-order valence-corrected chi connectivity index (χ4v) is 2.31. The molecule has 1 amide bonds. The van der Waals surface area contributed by atoms with Crippen molar-refractivity contribution in [3.8, 4) is 0 Å². The molecular weight excluding hydrogens is 360 g/mol. The van der Waals surface area contributed by atoms with Gasteiger partial charge in [-0.05, 0) is 46.9 Å². The summed E-state index contributed by atoms with van der Waals surface area (Å²) in [5, 5.41) is 13.3. The van der Waals surface area contributed by atoms with Crippen molar-refractivity contribution in [2.45, 2.75) is 26.2 Å². The Morgan fingerprint density at radius 1 is 1.07 bits per heavy atom. The van der Waals surface area contributed by atoms with E-state index in [-0.39, 0.29) is 11.1 Å². The Kier molecular flexibility index (Phi) is 6.65. The number of nitrogens with one attached hydrogen (secondary N) is 1. The number of nitro groups is 1. The number of hydrogen-bond acceptors (Lipinski definition) is 5. The molecule has 0 unspecified atom stereocenters. The van der Waals surface area contributed by atoms with Gasteiger partial charge < -0.3 is 10.1 Å². The van der Waals surface area contributed by atoms with E-state index in [9.17, 15) is 19.7 Å². The van der Waals surface area contributed by atoms with Crippen molar-refractivity contribution in [2.24, 2.45) is 0 Å². The fraction of sp³-hybridized carbons (Fsp3) is 0.238. The second-order valence-electron chi connectivity index (χ2n) is 7.17. The van der Waals surface area contributed by atoms with Crippen LogP contribution in [-0.4, -0.2) is 23.4 Å². The number of nitrogens with zero attached hydrogens (tertiary/aromatic N) is 1. The van der Waals surface area contributed by atoms with Gasteiger partial charge in [-0.25, -0.2) is 4.79 Å². The summed E-state index contributed by atoms with van der Waals surface area (Å²) >= 11 is 0. The van der Waals surface area contributed by atoms with Gasteiger partial charge >= 0.3 is 5.97 Å². The molecule has 28 heavy (non-hydrogen) atoms. The SMILES string of the molecule is CC(C)(C)c1ccc(NC(=O)COC(=O)/C=C/c2ccc([N+](=O)[O-])cc2)cc1. The molecule has 0 bridgehead atoms. The normalized spacial score (nSPS) is 11.2. The smallest absolute Gasteiger partial charge is 0.331 e. The molecule has 7 nitrogen and oxygen atoms in total. The third kappa shape index (κ3) is 6.35. The van der Waals surface area contributed by atoms with Crippen LogP contribution in [0.4, 0.5) is 11.4 Å². The zero-order valence-electron chi connectivity index (χ0n) is 16.0. The molecule has 0 atom stereocenters. The third-order valence-electron chi connectivity index (χ3n) is 3.90. The lowest BCUT2D eigenvalue weighted by atomic mass is 9.87. The van der Waals surface area contributed by atoms with Crippen LogP contribution in [0.2, 0.25) is 0 Å². The summed E-state index contributed by atoms with van der Waals surface area (Å²) in [7, 11) is 0. The molecule has 0 spiro atoms. The van der Waals surface area contributed by atoms with Gasteiger partial charge in [-0.1, -0.05) is 32.9 Å². The number of carbonyl (C=O) groups is 2. The second-order valence-corrected chi connectivity index (χ2v) is 7.17. The molecule has 0 saturated heterocycles. The summed E-state index contributed by atoms with van der Waals surface area (Å²) in [6.45, 7) is 5.89. The Labute approximate surface area is 163 Å². The van der Waals surface area contributed by atoms with Crippen LogP contribution >= 0.6 is 0 Å². The van der Waals surface area contributed by atoms with Crippen LogP contribution in [0.1, 0.15) is 31.9 Å². The van der Waals surface area contributed by atoms with E-state index in [1.54, 1.807) is 12.1 Å². The molecule has 2 rings (SSSR count). The number of nitro benzene ring substituents is 1. The van der Waals surface area contributed by atoms with Crippen molar-refractivity contribution < 1.29 is 19.2 Å².